The van der Waals surface area contributed by atoms with Crippen molar-refractivity contribution in [1.82, 2.24) is 15.1 Å². The number of ether oxygens (including phenoxy) is 2. The molecule has 10 nitrogen and oxygen atoms in total. The highest BCUT2D eigenvalue weighted by Crippen LogP contribution is 2.61. The summed E-state index contributed by atoms with van der Waals surface area (Å²) in [6.07, 6.45) is 2.87. The van der Waals surface area contributed by atoms with Gasteiger partial charge in [-0.15, -0.1) is 13.2 Å². The molecule has 3 aliphatic heterocycles. The van der Waals surface area contributed by atoms with E-state index in [-0.39, 0.29) is 42.8 Å². The summed E-state index contributed by atoms with van der Waals surface area (Å²) >= 11 is 3.68. The standard InChI is InChI=1S/C33H44BrN3O7/c1-7-9-15-24(39)35-18-23(21-13-11-10-12-14-21)43-31(42)25-26-29(40)37(20(3)19-38)28(33(26)17-22(34)27(25)44-33)30(41)36(16-8-2)32(4,5)6/h7-8,10-14,20,22-23,25-28,38H,1-2,9,15-19H2,3-6H3,(H,35,39)/t20-,22?,23+,25+,26-,27+,28+,33-/m1/s1. The van der Waals surface area contributed by atoms with E-state index in [9.17, 15) is 24.3 Å². The largest absolute Gasteiger partial charge is 0.455 e. The lowest BCUT2D eigenvalue weighted by Gasteiger charge is -2.43. The average Bonchev–Trinajstić information content (AvgIpc) is 3.59. The Kier molecular flexibility index (Phi) is 10.4. The van der Waals surface area contributed by atoms with Crippen molar-refractivity contribution in [2.24, 2.45) is 11.8 Å². The first-order chi connectivity index (χ1) is 20.8. The number of aliphatic hydroxyl groups is 1. The predicted octanol–water partition coefficient (Wildman–Crippen LogP) is 3.30. The van der Waals surface area contributed by atoms with Crippen LogP contribution in [0.4, 0.5) is 0 Å². The first-order valence-electron chi connectivity index (χ1n) is 15.1. The number of nitrogens with zero attached hydrogens (tertiary/aromatic N) is 2. The maximum absolute atomic E-state index is 14.4. The topological polar surface area (TPSA) is 125 Å². The van der Waals surface area contributed by atoms with Crippen LogP contribution in [0.1, 0.15) is 58.6 Å². The second kappa shape index (κ2) is 13.5. The molecule has 1 aromatic carbocycles. The van der Waals surface area contributed by atoms with Gasteiger partial charge in [-0.05, 0) is 46.1 Å². The van der Waals surface area contributed by atoms with Crippen LogP contribution < -0.4 is 5.32 Å². The molecule has 3 amide bonds. The van der Waals surface area contributed by atoms with E-state index in [0.717, 1.165) is 0 Å². The number of aliphatic hydroxyl groups excluding tert-OH is 1. The molecule has 11 heteroatoms. The molecule has 0 aliphatic carbocycles. The van der Waals surface area contributed by atoms with Crippen molar-refractivity contribution in [3.8, 4) is 0 Å². The third-order valence-corrected chi connectivity index (χ3v) is 9.69. The van der Waals surface area contributed by atoms with E-state index in [1.54, 1.807) is 36.1 Å². The molecule has 1 spiro atoms. The Labute approximate surface area is 267 Å². The molecule has 0 radical (unpaired) electrons. The Morgan fingerprint density at radius 3 is 2.52 bits per heavy atom. The van der Waals surface area contributed by atoms with Gasteiger partial charge in [0.05, 0.1) is 37.1 Å². The van der Waals surface area contributed by atoms with Crippen molar-refractivity contribution >= 4 is 39.6 Å². The van der Waals surface area contributed by atoms with E-state index in [0.29, 0.717) is 18.4 Å². The quantitative estimate of drug-likeness (QED) is 0.187. The number of hydrogen-bond donors (Lipinski definition) is 2. The smallest absolute Gasteiger partial charge is 0.313 e. The lowest BCUT2D eigenvalue weighted by molar-refractivity contribution is -0.161. The van der Waals surface area contributed by atoms with Crippen molar-refractivity contribution < 1.29 is 33.8 Å². The Bertz CT molecular complexity index is 1270. The number of fused-ring (bicyclic) bond motifs is 1. The average molecular weight is 675 g/mol. The molecule has 0 aromatic heterocycles. The minimum absolute atomic E-state index is 0.0440. The summed E-state index contributed by atoms with van der Waals surface area (Å²) in [5, 5.41) is 13.0. The number of likely N-dealkylation sites (tertiary alicyclic amines) is 1. The van der Waals surface area contributed by atoms with Gasteiger partial charge in [0, 0.05) is 23.3 Å². The third-order valence-electron chi connectivity index (χ3n) is 8.85. The van der Waals surface area contributed by atoms with Gasteiger partial charge >= 0.3 is 5.97 Å². The number of alkyl halides is 1. The number of carbonyl (C=O) groups is 4. The molecule has 0 saturated carbocycles. The van der Waals surface area contributed by atoms with Crippen LogP contribution in [0.2, 0.25) is 0 Å². The van der Waals surface area contributed by atoms with Gasteiger partial charge in [-0.3, -0.25) is 19.2 Å². The fourth-order valence-corrected chi connectivity index (χ4v) is 7.73. The fourth-order valence-electron chi connectivity index (χ4n) is 6.79. The zero-order chi connectivity index (χ0) is 32.4. The van der Waals surface area contributed by atoms with Crippen LogP contribution in [0, 0.1) is 11.8 Å². The van der Waals surface area contributed by atoms with Gasteiger partial charge in [0.1, 0.15) is 17.7 Å². The molecule has 2 N–H and O–H groups in total. The van der Waals surface area contributed by atoms with Gasteiger partial charge in [-0.2, -0.15) is 0 Å². The van der Waals surface area contributed by atoms with E-state index < -0.39 is 59.1 Å². The second-order valence-electron chi connectivity index (χ2n) is 12.8. The number of halogens is 1. The van der Waals surface area contributed by atoms with Gasteiger partial charge in [0.2, 0.25) is 17.7 Å². The zero-order valence-electron chi connectivity index (χ0n) is 25.9. The van der Waals surface area contributed by atoms with Crippen LogP contribution in [0.5, 0.6) is 0 Å². The van der Waals surface area contributed by atoms with Gasteiger partial charge in [-0.25, -0.2) is 0 Å². The molecule has 3 aliphatic rings. The fraction of sp³-hybridized carbons (Fsp3) is 0.576. The van der Waals surface area contributed by atoms with Crippen LogP contribution in [-0.2, 0) is 28.7 Å². The van der Waals surface area contributed by atoms with Crippen molar-refractivity contribution in [3.05, 3.63) is 61.2 Å². The number of esters is 1. The molecular formula is C33H44BrN3O7. The Morgan fingerprint density at radius 2 is 1.93 bits per heavy atom. The summed E-state index contributed by atoms with van der Waals surface area (Å²) in [6.45, 7) is 14.8. The summed E-state index contributed by atoms with van der Waals surface area (Å²) < 4.78 is 12.7. The number of rotatable bonds is 13. The van der Waals surface area contributed by atoms with Gasteiger partial charge in [0.25, 0.3) is 0 Å². The highest BCUT2D eigenvalue weighted by atomic mass is 79.9. The lowest BCUT2D eigenvalue weighted by atomic mass is 9.70. The molecule has 2 bridgehead atoms. The van der Waals surface area contributed by atoms with Gasteiger partial charge < -0.3 is 29.7 Å². The number of carbonyl (C=O) groups excluding carboxylic acids is 4. The molecule has 3 fully saturated rings. The van der Waals surface area contributed by atoms with Crippen LogP contribution in [0.25, 0.3) is 0 Å². The molecule has 3 saturated heterocycles. The third kappa shape index (κ3) is 6.23. The summed E-state index contributed by atoms with van der Waals surface area (Å²) in [7, 11) is 0. The summed E-state index contributed by atoms with van der Waals surface area (Å²) in [4.78, 5) is 57.9. The molecule has 8 atom stereocenters. The lowest BCUT2D eigenvalue weighted by Crippen LogP contribution is -2.61. The minimum atomic E-state index is -1.30. The SMILES string of the molecule is C=CCCC(=O)NC[C@H](OC(=O)[C@@H]1[C@H]2O[C@@]3(CC2Br)[C@H](C(=O)N(CC=C)C(C)(C)C)N([C@H](C)CO)C(=O)[C@@H]13)c1ccccc1. The number of hydrogen-bond acceptors (Lipinski definition) is 7. The minimum Gasteiger partial charge on any atom is -0.455 e. The van der Waals surface area contributed by atoms with Gasteiger partial charge in [0.15, 0.2) is 0 Å². The maximum atomic E-state index is 14.4. The van der Waals surface area contributed by atoms with E-state index in [1.807, 2.05) is 39.0 Å². The van der Waals surface area contributed by atoms with Gasteiger partial charge in [-0.1, -0.05) is 58.4 Å². The molecule has 44 heavy (non-hydrogen) atoms. The summed E-state index contributed by atoms with van der Waals surface area (Å²) in [6, 6.07) is 7.33. The number of amides is 3. The van der Waals surface area contributed by atoms with E-state index in [4.69, 9.17) is 9.47 Å². The van der Waals surface area contributed by atoms with Crippen molar-refractivity contribution in [1.29, 1.82) is 0 Å². The summed E-state index contributed by atoms with van der Waals surface area (Å²) in [5.41, 5.74) is -1.21. The normalized spacial score (nSPS) is 28.6. The van der Waals surface area contributed by atoms with Crippen LogP contribution in [0.3, 0.4) is 0 Å². The molecule has 240 valence electrons. The maximum Gasteiger partial charge on any atom is 0.313 e. The predicted molar refractivity (Wildman–Crippen MR) is 168 cm³/mol. The number of nitrogens with one attached hydrogen (secondary N) is 1. The number of allylic oxidation sites excluding steroid dienone is 1. The molecule has 4 rings (SSSR count). The van der Waals surface area contributed by atoms with E-state index >= 15 is 0 Å². The molecule has 3 heterocycles. The highest BCUT2D eigenvalue weighted by molar-refractivity contribution is 9.09. The van der Waals surface area contributed by atoms with Crippen molar-refractivity contribution in [2.75, 3.05) is 19.7 Å². The Morgan fingerprint density at radius 1 is 1.25 bits per heavy atom. The molecule has 1 aromatic rings. The summed E-state index contributed by atoms with van der Waals surface area (Å²) in [5.74, 6) is -3.58. The van der Waals surface area contributed by atoms with Crippen LogP contribution in [-0.4, -0.2) is 92.4 Å². The highest BCUT2D eigenvalue weighted by Gasteiger charge is 2.77. The number of benzene rings is 1. The van der Waals surface area contributed by atoms with E-state index in [2.05, 4.69) is 34.4 Å². The monoisotopic (exact) mass is 673 g/mol. The molecular weight excluding hydrogens is 630 g/mol. The Hall–Kier alpha value is -3.02. The van der Waals surface area contributed by atoms with Crippen LogP contribution >= 0.6 is 15.9 Å². The second-order valence-corrected chi connectivity index (χ2v) is 14.0. The van der Waals surface area contributed by atoms with Crippen molar-refractivity contribution in [3.63, 3.8) is 0 Å². The first-order valence-corrected chi connectivity index (χ1v) is 16.0. The molecule has 1 unspecified atom stereocenters. The van der Waals surface area contributed by atoms with Crippen molar-refractivity contribution in [2.45, 2.75) is 87.2 Å². The first kappa shape index (κ1) is 33.9. The zero-order valence-corrected chi connectivity index (χ0v) is 27.5. The van der Waals surface area contributed by atoms with Crippen LogP contribution in [0.15, 0.2) is 55.6 Å². The Balaban J connectivity index is 1.69. The van der Waals surface area contributed by atoms with E-state index in [1.165, 1.54) is 4.90 Å².